The number of amides is 1. The highest BCUT2D eigenvalue weighted by atomic mass is 35.5. The molecule has 0 fully saturated rings. The van der Waals surface area contributed by atoms with Gasteiger partial charge in [0.2, 0.25) is 5.91 Å². The minimum atomic E-state index is 0.168. The molecule has 1 heterocycles. The summed E-state index contributed by atoms with van der Waals surface area (Å²) in [5.41, 5.74) is 5.44. The van der Waals surface area contributed by atoms with Crippen LogP contribution in [0.5, 0.6) is 0 Å². The van der Waals surface area contributed by atoms with Gasteiger partial charge < -0.3 is 10.6 Å². The SMILES string of the molecule is C=CCN(Cc1ccc(Cl)s1)C(=O)CCCCCN. The molecule has 0 unspecified atom stereocenters. The molecule has 0 saturated heterocycles. The number of nitrogens with zero attached hydrogens (tertiary/aromatic N) is 1. The van der Waals surface area contributed by atoms with Gasteiger partial charge in [0.05, 0.1) is 10.9 Å². The molecule has 19 heavy (non-hydrogen) atoms. The number of rotatable bonds is 9. The maximum absolute atomic E-state index is 12.1. The van der Waals surface area contributed by atoms with Gasteiger partial charge in [-0.1, -0.05) is 24.1 Å². The summed E-state index contributed by atoms with van der Waals surface area (Å²) in [5, 5.41) is 0. The van der Waals surface area contributed by atoms with Crippen molar-refractivity contribution in [1.82, 2.24) is 4.90 Å². The number of nitrogens with two attached hydrogens (primary N) is 1. The van der Waals surface area contributed by atoms with Gasteiger partial charge in [0.15, 0.2) is 0 Å². The first-order chi connectivity index (χ1) is 9.17. The van der Waals surface area contributed by atoms with Crippen LogP contribution < -0.4 is 5.73 Å². The average Bonchev–Trinajstić information content (AvgIpc) is 2.79. The smallest absolute Gasteiger partial charge is 0.223 e. The summed E-state index contributed by atoms with van der Waals surface area (Å²) in [6.07, 6.45) is 5.22. The maximum Gasteiger partial charge on any atom is 0.223 e. The predicted molar refractivity (Wildman–Crippen MR) is 82.5 cm³/mol. The van der Waals surface area contributed by atoms with E-state index in [9.17, 15) is 4.79 Å². The summed E-state index contributed by atoms with van der Waals surface area (Å²) < 4.78 is 0.754. The third kappa shape index (κ3) is 6.23. The van der Waals surface area contributed by atoms with Gasteiger partial charge in [0.1, 0.15) is 0 Å². The van der Waals surface area contributed by atoms with Crippen molar-refractivity contribution in [3.63, 3.8) is 0 Å². The normalized spacial score (nSPS) is 10.4. The van der Waals surface area contributed by atoms with E-state index in [0.717, 1.165) is 28.5 Å². The van der Waals surface area contributed by atoms with Gasteiger partial charge in [-0.25, -0.2) is 0 Å². The summed E-state index contributed by atoms with van der Waals surface area (Å²) in [7, 11) is 0. The average molecular weight is 301 g/mol. The number of halogens is 1. The maximum atomic E-state index is 12.1. The highest BCUT2D eigenvalue weighted by Crippen LogP contribution is 2.23. The number of unbranched alkanes of at least 4 members (excludes halogenated alkanes) is 2. The third-order valence-corrected chi connectivity index (χ3v) is 3.99. The van der Waals surface area contributed by atoms with Crippen LogP contribution >= 0.6 is 22.9 Å². The molecule has 0 spiro atoms. The van der Waals surface area contributed by atoms with Crippen LogP contribution in [0.15, 0.2) is 24.8 Å². The monoisotopic (exact) mass is 300 g/mol. The lowest BCUT2D eigenvalue weighted by molar-refractivity contribution is -0.131. The number of hydrogen-bond donors (Lipinski definition) is 1. The highest BCUT2D eigenvalue weighted by molar-refractivity contribution is 7.16. The van der Waals surface area contributed by atoms with Gasteiger partial charge >= 0.3 is 0 Å². The Hall–Kier alpha value is -0.840. The Morgan fingerprint density at radius 1 is 1.42 bits per heavy atom. The Labute approximate surface area is 124 Å². The molecule has 0 saturated carbocycles. The second-order valence-corrected chi connectivity index (χ2v) is 6.17. The fraction of sp³-hybridized carbons (Fsp3) is 0.500. The van der Waals surface area contributed by atoms with E-state index in [-0.39, 0.29) is 5.91 Å². The molecule has 0 aliphatic carbocycles. The molecule has 1 aromatic rings. The Kier molecular flexibility index (Phi) is 7.79. The van der Waals surface area contributed by atoms with E-state index in [1.54, 1.807) is 6.08 Å². The summed E-state index contributed by atoms with van der Waals surface area (Å²) >= 11 is 7.41. The van der Waals surface area contributed by atoms with Crippen LogP contribution in [-0.2, 0) is 11.3 Å². The van der Waals surface area contributed by atoms with E-state index >= 15 is 0 Å². The Balaban J connectivity index is 2.46. The molecule has 0 aliphatic rings. The molecule has 0 atom stereocenters. The fourth-order valence-corrected chi connectivity index (χ4v) is 2.89. The zero-order chi connectivity index (χ0) is 14.1. The molecule has 2 N–H and O–H groups in total. The first-order valence-electron chi connectivity index (χ1n) is 6.50. The topological polar surface area (TPSA) is 46.3 Å². The molecule has 0 aromatic carbocycles. The van der Waals surface area contributed by atoms with Crippen LogP contribution in [-0.4, -0.2) is 23.9 Å². The zero-order valence-electron chi connectivity index (χ0n) is 11.1. The van der Waals surface area contributed by atoms with Crippen LogP contribution in [0, 0.1) is 0 Å². The second-order valence-electron chi connectivity index (χ2n) is 4.37. The molecule has 5 heteroatoms. The highest BCUT2D eigenvalue weighted by Gasteiger charge is 2.13. The molecule has 1 aromatic heterocycles. The van der Waals surface area contributed by atoms with Gasteiger partial charge in [-0.2, -0.15) is 0 Å². The van der Waals surface area contributed by atoms with Crippen molar-refractivity contribution >= 4 is 28.8 Å². The molecule has 106 valence electrons. The summed E-state index contributed by atoms with van der Waals surface area (Å²) in [6, 6.07) is 3.82. The van der Waals surface area contributed by atoms with E-state index in [2.05, 4.69) is 6.58 Å². The van der Waals surface area contributed by atoms with Crippen LogP contribution in [0.2, 0.25) is 4.34 Å². The molecule has 1 rings (SSSR count). The lowest BCUT2D eigenvalue weighted by Crippen LogP contribution is -2.30. The fourth-order valence-electron chi connectivity index (χ4n) is 1.79. The van der Waals surface area contributed by atoms with Crippen LogP contribution in [0.1, 0.15) is 30.6 Å². The van der Waals surface area contributed by atoms with Gasteiger partial charge in [0.25, 0.3) is 0 Å². The van der Waals surface area contributed by atoms with Crippen molar-refractivity contribution in [2.45, 2.75) is 32.2 Å². The Bertz CT molecular complexity index is 406. The molecule has 0 radical (unpaired) electrons. The van der Waals surface area contributed by atoms with Crippen molar-refractivity contribution in [3.05, 3.63) is 34.0 Å². The standard InChI is InChI=1S/C14H21ClN2OS/c1-2-10-17(11-12-7-8-13(15)19-12)14(18)6-4-3-5-9-16/h2,7-8H,1,3-6,9-11,16H2. The van der Waals surface area contributed by atoms with Crippen molar-refractivity contribution < 1.29 is 4.79 Å². The quantitative estimate of drug-likeness (QED) is 0.561. The summed E-state index contributed by atoms with van der Waals surface area (Å²) in [6.45, 7) is 5.58. The van der Waals surface area contributed by atoms with E-state index in [1.165, 1.54) is 11.3 Å². The van der Waals surface area contributed by atoms with Crippen LogP contribution in [0.3, 0.4) is 0 Å². The number of carbonyl (C=O) groups is 1. The summed E-state index contributed by atoms with van der Waals surface area (Å²) in [5.74, 6) is 0.168. The molecule has 0 bridgehead atoms. The Morgan fingerprint density at radius 2 is 2.21 bits per heavy atom. The number of carbonyl (C=O) groups excluding carboxylic acids is 1. The molecular weight excluding hydrogens is 280 g/mol. The molecule has 3 nitrogen and oxygen atoms in total. The van der Waals surface area contributed by atoms with Crippen LogP contribution in [0.25, 0.3) is 0 Å². The van der Waals surface area contributed by atoms with E-state index in [0.29, 0.717) is 26.1 Å². The first-order valence-corrected chi connectivity index (χ1v) is 7.69. The minimum absolute atomic E-state index is 0.168. The van der Waals surface area contributed by atoms with E-state index < -0.39 is 0 Å². The molecule has 1 amide bonds. The first kappa shape index (κ1) is 16.2. The minimum Gasteiger partial charge on any atom is -0.334 e. The molecule has 0 aliphatic heterocycles. The zero-order valence-corrected chi connectivity index (χ0v) is 12.7. The van der Waals surface area contributed by atoms with Gasteiger partial charge in [-0.3, -0.25) is 4.79 Å². The van der Waals surface area contributed by atoms with Crippen molar-refractivity contribution in [2.75, 3.05) is 13.1 Å². The summed E-state index contributed by atoms with van der Waals surface area (Å²) in [4.78, 5) is 15.0. The lowest BCUT2D eigenvalue weighted by atomic mass is 10.2. The molecular formula is C14H21ClN2OS. The van der Waals surface area contributed by atoms with Crippen LogP contribution in [0.4, 0.5) is 0 Å². The van der Waals surface area contributed by atoms with Crippen molar-refractivity contribution in [2.24, 2.45) is 5.73 Å². The Morgan fingerprint density at radius 3 is 2.79 bits per heavy atom. The predicted octanol–water partition coefficient (Wildman–Crippen LogP) is 3.44. The van der Waals surface area contributed by atoms with Gasteiger partial charge in [-0.05, 0) is 31.5 Å². The third-order valence-electron chi connectivity index (χ3n) is 2.77. The van der Waals surface area contributed by atoms with E-state index in [1.807, 2.05) is 17.0 Å². The second kappa shape index (κ2) is 9.13. The largest absolute Gasteiger partial charge is 0.334 e. The van der Waals surface area contributed by atoms with Gasteiger partial charge in [0, 0.05) is 17.8 Å². The van der Waals surface area contributed by atoms with Gasteiger partial charge in [-0.15, -0.1) is 17.9 Å². The van der Waals surface area contributed by atoms with E-state index in [4.69, 9.17) is 17.3 Å². The van der Waals surface area contributed by atoms with Crippen molar-refractivity contribution in [3.8, 4) is 0 Å². The number of thiophene rings is 1. The number of hydrogen-bond acceptors (Lipinski definition) is 3. The lowest BCUT2D eigenvalue weighted by Gasteiger charge is -2.20. The van der Waals surface area contributed by atoms with Crippen molar-refractivity contribution in [1.29, 1.82) is 0 Å².